The molecule has 2 aromatic heterocycles. The summed E-state index contributed by atoms with van der Waals surface area (Å²) in [7, 11) is 0. The molecule has 1 aliphatic heterocycles. The number of piperazine rings is 1. The monoisotopic (exact) mass is 272 g/mol. The SMILES string of the molecule is CCC1CNC(C)(C)CN1Cc1cn2ccccc2n1. The van der Waals surface area contributed by atoms with Gasteiger partial charge in [-0.3, -0.25) is 4.90 Å². The minimum Gasteiger partial charge on any atom is -0.309 e. The van der Waals surface area contributed by atoms with E-state index in [0.29, 0.717) is 6.04 Å². The van der Waals surface area contributed by atoms with Crippen LogP contribution < -0.4 is 5.32 Å². The van der Waals surface area contributed by atoms with Gasteiger partial charge in [-0.1, -0.05) is 13.0 Å². The van der Waals surface area contributed by atoms with E-state index in [2.05, 4.69) is 53.8 Å². The molecule has 2 aromatic rings. The van der Waals surface area contributed by atoms with Gasteiger partial charge in [0, 0.05) is 43.6 Å². The number of nitrogens with one attached hydrogen (secondary N) is 1. The second-order valence-corrected chi connectivity index (χ2v) is 6.43. The molecule has 1 fully saturated rings. The Balaban J connectivity index is 1.80. The fourth-order valence-electron chi connectivity index (χ4n) is 3.07. The van der Waals surface area contributed by atoms with Crippen molar-refractivity contribution in [1.29, 1.82) is 0 Å². The summed E-state index contributed by atoms with van der Waals surface area (Å²) in [5.41, 5.74) is 2.38. The van der Waals surface area contributed by atoms with Gasteiger partial charge in [0.05, 0.1) is 5.69 Å². The van der Waals surface area contributed by atoms with Gasteiger partial charge in [0.2, 0.25) is 0 Å². The maximum absolute atomic E-state index is 4.72. The van der Waals surface area contributed by atoms with Crippen LogP contribution in [-0.4, -0.2) is 39.0 Å². The van der Waals surface area contributed by atoms with Crippen molar-refractivity contribution in [2.75, 3.05) is 13.1 Å². The summed E-state index contributed by atoms with van der Waals surface area (Å²) in [5.74, 6) is 0. The Kier molecular flexibility index (Phi) is 3.52. The fraction of sp³-hybridized carbons (Fsp3) is 0.562. The molecule has 0 aromatic carbocycles. The van der Waals surface area contributed by atoms with Gasteiger partial charge in [-0.05, 0) is 32.4 Å². The first-order valence-corrected chi connectivity index (χ1v) is 7.49. The van der Waals surface area contributed by atoms with E-state index in [-0.39, 0.29) is 5.54 Å². The van der Waals surface area contributed by atoms with Crippen LogP contribution in [0.3, 0.4) is 0 Å². The second-order valence-electron chi connectivity index (χ2n) is 6.43. The standard InChI is InChI=1S/C16H24N4/c1-4-14-9-17-16(2,3)12-20(14)11-13-10-19-8-6-5-7-15(19)18-13/h5-8,10,14,17H,4,9,11-12H2,1-3H3. The third-order valence-electron chi connectivity index (χ3n) is 4.18. The molecule has 108 valence electrons. The average molecular weight is 272 g/mol. The quantitative estimate of drug-likeness (QED) is 0.930. The number of hydrogen-bond donors (Lipinski definition) is 1. The molecular weight excluding hydrogens is 248 g/mol. The van der Waals surface area contributed by atoms with Crippen LogP contribution in [0.15, 0.2) is 30.6 Å². The molecule has 1 saturated heterocycles. The molecule has 0 saturated carbocycles. The molecule has 0 radical (unpaired) electrons. The Morgan fingerprint density at radius 2 is 2.25 bits per heavy atom. The van der Waals surface area contributed by atoms with Crippen LogP contribution >= 0.6 is 0 Å². The molecule has 0 spiro atoms. The Bertz CT molecular complexity index is 554. The highest BCUT2D eigenvalue weighted by atomic mass is 15.3. The summed E-state index contributed by atoms with van der Waals surface area (Å²) in [4.78, 5) is 7.29. The van der Waals surface area contributed by atoms with Gasteiger partial charge in [0.1, 0.15) is 5.65 Å². The highest BCUT2D eigenvalue weighted by Gasteiger charge is 2.31. The zero-order chi connectivity index (χ0) is 14.2. The molecular formula is C16H24N4. The van der Waals surface area contributed by atoms with Crippen molar-refractivity contribution < 1.29 is 0 Å². The second kappa shape index (κ2) is 5.19. The summed E-state index contributed by atoms with van der Waals surface area (Å²) < 4.78 is 2.10. The van der Waals surface area contributed by atoms with E-state index < -0.39 is 0 Å². The van der Waals surface area contributed by atoms with E-state index in [1.807, 2.05) is 12.1 Å². The van der Waals surface area contributed by atoms with Crippen molar-refractivity contribution in [3.63, 3.8) is 0 Å². The first-order valence-electron chi connectivity index (χ1n) is 7.49. The predicted octanol–water partition coefficient (Wildman–Crippen LogP) is 2.30. The van der Waals surface area contributed by atoms with E-state index in [0.717, 1.165) is 31.0 Å². The lowest BCUT2D eigenvalue weighted by molar-refractivity contribution is 0.0848. The van der Waals surface area contributed by atoms with Crippen LogP contribution in [0.1, 0.15) is 32.9 Å². The van der Waals surface area contributed by atoms with Crippen LogP contribution in [-0.2, 0) is 6.54 Å². The number of pyridine rings is 1. The van der Waals surface area contributed by atoms with Crippen molar-refractivity contribution in [2.45, 2.75) is 45.3 Å². The van der Waals surface area contributed by atoms with Crippen molar-refractivity contribution in [3.8, 4) is 0 Å². The van der Waals surface area contributed by atoms with Gasteiger partial charge >= 0.3 is 0 Å². The Labute approximate surface area is 120 Å². The van der Waals surface area contributed by atoms with Crippen molar-refractivity contribution in [2.24, 2.45) is 0 Å². The first-order chi connectivity index (χ1) is 9.57. The predicted molar refractivity (Wildman–Crippen MR) is 81.8 cm³/mol. The van der Waals surface area contributed by atoms with Crippen molar-refractivity contribution >= 4 is 5.65 Å². The maximum Gasteiger partial charge on any atom is 0.137 e. The van der Waals surface area contributed by atoms with Gasteiger partial charge in [-0.2, -0.15) is 0 Å². The molecule has 0 bridgehead atoms. The summed E-state index contributed by atoms with van der Waals surface area (Å²) in [6.45, 7) is 9.88. The zero-order valence-corrected chi connectivity index (χ0v) is 12.6. The molecule has 1 aliphatic rings. The van der Waals surface area contributed by atoms with Gasteiger partial charge in [-0.25, -0.2) is 4.98 Å². The topological polar surface area (TPSA) is 32.6 Å². The molecule has 0 amide bonds. The summed E-state index contributed by atoms with van der Waals surface area (Å²) in [5, 5.41) is 3.63. The van der Waals surface area contributed by atoms with Crippen molar-refractivity contribution in [1.82, 2.24) is 19.6 Å². The van der Waals surface area contributed by atoms with Crippen LogP contribution in [0, 0.1) is 0 Å². The number of hydrogen-bond acceptors (Lipinski definition) is 3. The smallest absolute Gasteiger partial charge is 0.137 e. The summed E-state index contributed by atoms with van der Waals surface area (Å²) in [6.07, 6.45) is 5.39. The Morgan fingerprint density at radius 1 is 1.40 bits per heavy atom. The summed E-state index contributed by atoms with van der Waals surface area (Å²) in [6, 6.07) is 6.74. The van der Waals surface area contributed by atoms with Crippen LogP contribution in [0.4, 0.5) is 0 Å². The van der Waals surface area contributed by atoms with E-state index in [1.54, 1.807) is 0 Å². The lowest BCUT2D eigenvalue weighted by Crippen LogP contribution is -2.61. The number of fused-ring (bicyclic) bond motifs is 1. The highest BCUT2D eigenvalue weighted by Crippen LogP contribution is 2.19. The van der Waals surface area contributed by atoms with Gasteiger partial charge in [-0.15, -0.1) is 0 Å². The molecule has 0 aliphatic carbocycles. The highest BCUT2D eigenvalue weighted by molar-refractivity contribution is 5.39. The number of aromatic nitrogens is 2. The number of nitrogens with zero attached hydrogens (tertiary/aromatic N) is 3. The third-order valence-corrected chi connectivity index (χ3v) is 4.18. The van der Waals surface area contributed by atoms with Gasteiger partial charge < -0.3 is 9.72 Å². The van der Waals surface area contributed by atoms with E-state index in [4.69, 9.17) is 4.98 Å². The van der Waals surface area contributed by atoms with Crippen LogP contribution in [0.2, 0.25) is 0 Å². The van der Waals surface area contributed by atoms with E-state index >= 15 is 0 Å². The maximum atomic E-state index is 4.72. The Morgan fingerprint density at radius 3 is 3.00 bits per heavy atom. The Hall–Kier alpha value is -1.39. The van der Waals surface area contributed by atoms with Gasteiger partial charge in [0.15, 0.2) is 0 Å². The molecule has 1 N–H and O–H groups in total. The lowest BCUT2D eigenvalue weighted by atomic mass is 9.97. The largest absolute Gasteiger partial charge is 0.309 e. The molecule has 4 nitrogen and oxygen atoms in total. The molecule has 1 atom stereocenters. The minimum absolute atomic E-state index is 0.185. The normalized spacial score (nSPS) is 23.2. The molecule has 4 heteroatoms. The zero-order valence-electron chi connectivity index (χ0n) is 12.6. The number of rotatable bonds is 3. The molecule has 1 unspecified atom stereocenters. The molecule has 20 heavy (non-hydrogen) atoms. The average Bonchev–Trinajstić information content (AvgIpc) is 2.80. The lowest BCUT2D eigenvalue weighted by Gasteiger charge is -2.44. The molecule has 3 heterocycles. The van der Waals surface area contributed by atoms with E-state index in [9.17, 15) is 0 Å². The summed E-state index contributed by atoms with van der Waals surface area (Å²) >= 11 is 0. The van der Waals surface area contributed by atoms with E-state index in [1.165, 1.54) is 6.42 Å². The van der Waals surface area contributed by atoms with Crippen molar-refractivity contribution in [3.05, 3.63) is 36.3 Å². The minimum atomic E-state index is 0.185. The van der Waals surface area contributed by atoms with Gasteiger partial charge in [0.25, 0.3) is 0 Å². The third kappa shape index (κ3) is 2.72. The fourth-order valence-corrected chi connectivity index (χ4v) is 3.07. The molecule has 3 rings (SSSR count). The van der Waals surface area contributed by atoms with Crippen LogP contribution in [0.5, 0.6) is 0 Å². The first kappa shape index (κ1) is 13.6. The number of imidazole rings is 1. The van der Waals surface area contributed by atoms with Crippen LogP contribution in [0.25, 0.3) is 5.65 Å².